The summed E-state index contributed by atoms with van der Waals surface area (Å²) in [5, 5.41) is 3.19. The number of nitrogens with one attached hydrogen (secondary N) is 1. The predicted molar refractivity (Wildman–Crippen MR) is 48.5 cm³/mol. The van der Waals surface area contributed by atoms with E-state index < -0.39 is 0 Å². The first-order valence-electron chi connectivity index (χ1n) is 4.01. The third-order valence-corrected chi connectivity index (χ3v) is 2.51. The van der Waals surface area contributed by atoms with E-state index in [4.69, 9.17) is 0 Å². The van der Waals surface area contributed by atoms with Crippen LogP contribution in [0.25, 0.3) is 0 Å². The third kappa shape index (κ3) is 0.503. The smallest absolute Gasteiger partial charge is 0.0920 e. The molecular weight excluding hydrogens is 148 g/mol. The Balaban J connectivity index is 2.25. The van der Waals surface area contributed by atoms with Crippen LogP contribution in [0.5, 0.6) is 0 Å². The van der Waals surface area contributed by atoms with Crippen LogP contribution in [0, 0.1) is 5.41 Å². The van der Waals surface area contributed by atoms with E-state index in [9.17, 15) is 0 Å². The van der Waals surface area contributed by atoms with Crippen LogP contribution in [-0.4, -0.2) is 5.71 Å². The van der Waals surface area contributed by atoms with Gasteiger partial charge in [-0.05, 0) is 18.4 Å². The molecule has 1 aliphatic carbocycles. The maximum absolute atomic E-state index is 4.34. The van der Waals surface area contributed by atoms with Crippen molar-refractivity contribution in [3.63, 3.8) is 0 Å². The van der Waals surface area contributed by atoms with Gasteiger partial charge in [0.2, 0.25) is 0 Å². The van der Waals surface area contributed by atoms with Gasteiger partial charge in [0.15, 0.2) is 0 Å². The third-order valence-electron chi connectivity index (χ3n) is 2.51. The van der Waals surface area contributed by atoms with Crippen molar-refractivity contribution in [1.82, 2.24) is 5.32 Å². The standard InChI is InChI=1S/C10H8N2/c1-2-4-10-5-6-11-9(10)7-12-8(10)3-1/h1-7,11H. The minimum atomic E-state index is -0.0469. The topological polar surface area (TPSA) is 24.4 Å². The Morgan fingerprint density at radius 1 is 1.25 bits per heavy atom. The predicted octanol–water partition coefficient (Wildman–Crippen LogP) is 1.51. The van der Waals surface area contributed by atoms with Crippen LogP contribution < -0.4 is 5.32 Å². The first-order chi connectivity index (χ1) is 5.92. The van der Waals surface area contributed by atoms with Gasteiger partial charge in [0.1, 0.15) is 0 Å². The SMILES string of the molecule is C1=CC2=NC=C3NC=CC32C=C1. The average molecular weight is 156 g/mol. The van der Waals surface area contributed by atoms with Crippen molar-refractivity contribution in [3.8, 4) is 0 Å². The fraction of sp³-hybridized carbons (Fsp3) is 0.100. The normalized spacial score (nSPS) is 34.0. The Labute approximate surface area is 70.7 Å². The molecule has 2 nitrogen and oxygen atoms in total. The van der Waals surface area contributed by atoms with Crippen molar-refractivity contribution >= 4 is 5.71 Å². The number of rotatable bonds is 0. The zero-order valence-electron chi connectivity index (χ0n) is 6.49. The van der Waals surface area contributed by atoms with E-state index >= 15 is 0 Å². The van der Waals surface area contributed by atoms with Crippen LogP contribution in [0.4, 0.5) is 0 Å². The van der Waals surface area contributed by atoms with E-state index in [1.54, 1.807) is 0 Å². The molecule has 3 rings (SSSR count). The number of aliphatic imine (C=N–C) groups is 1. The van der Waals surface area contributed by atoms with Crippen molar-refractivity contribution < 1.29 is 0 Å². The van der Waals surface area contributed by atoms with E-state index in [0.29, 0.717) is 0 Å². The van der Waals surface area contributed by atoms with Crippen LogP contribution in [0.2, 0.25) is 0 Å². The highest BCUT2D eigenvalue weighted by Gasteiger charge is 2.40. The molecule has 1 spiro atoms. The summed E-state index contributed by atoms with van der Waals surface area (Å²) >= 11 is 0. The summed E-state index contributed by atoms with van der Waals surface area (Å²) < 4.78 is 0. The zero-order valence-corrected chi connectivity index (χ0v) is 6.49. The monoisotopic (exact) mass is 156 g/mol. The summed E-state index contributed by atoms with van der Waals surface area (Å²) in [6.07, 6.45) is 14.3. The van der Waals surface area contributed by atoms with Crippen LogP contribution in [0.1, 0.15) is 0 Å². The molecule has 2 heterocycles. The van der Waals surface area contributed by atoms with Crippen molar-refractivity contribution in [1.29, 1.82) is 0 Å². The van der Waals surface area contributed by atoms with Gasteiger partial charge in [-0.2, -0.15) is 0 Å². The molecule has 0 aromatic heterocycles. The lowest BCUT2D eigenvalue weighted by Gasteiger charge is -2.22. The molecule has 0 bridgehead atoms. The fourth-order valence-electron chi connectivity index (χ4n) is 1.85. The summed E-state index contributed by atoms with van der Waals surface area (Å²) in [6.45, 7) is 0. The maximum Gasteiger partial charge on any atom is 0.0920 e. The first kappa shape index (κ1) is 6.00. The van der Waals surface area contributed by atoms with Crippen LogP contribution >= 0.6 is 0 Å². The minimum Gasteiger partial charge on any atom is -0.363 e. The molecule has 0 saturated carbocycles. The van der Waals surface area contributed by atoms with Gasteiger partial charge in [0, 0.05) is 6.20 Å². The maximum atomic E-state index is 4.34. The zero-order chi connectivity index (χ0) is 8.02. The molecule has 0 fully saturated rings. The molecule has 0 amide bonds. The Hall–Kier alpha value is -1.57. The molecule has 0 radical (unpaired) electrons. The molecule has 1 unspecified atom stereocenters. The summed E-state index contributed by atoms with van der Waals surface area (Å²) in [7, 11) is 0. The fourth-order valence-corrected chi connectivity index (χ4v) is 1.85. The summed E-state index contributed by atoms with van der Waals surface area (Å²) in [6, 6.07) is 0. The second-order valence-corrected chi connectivity index (χ2v) is 3.12. The molecule has 0 saturated heterocycles. The molecule has 58 valence electrons. The van der Waals surface area contributed by atoms with Gasteiger partial charge in [-0.1, -0.05) is 18.2 Å². The lowest BCUT2D eigenvalue weighted by atomic mass is 9.80. The minimum absolute atomic E-state index is 0.0469. The lowest BCUT2D eigenvalue weighted by molar-refractivity contribution is 0.813. The second kappa shape index (κ2) is 1.78. The summed E-state index contributed by atoms with van der Waals surface area (Å²) in [4.78, 5) is 4.34. The molecular formula is C10H8N2. The molecule has 12 heavy (non-hydrogen) atoms. The molecule has 0 aromatic carbocycles. The van der Waals surface area contributed by atoms with Gasteiger partial charge in [-0.15, -0.1) is 0 Å². The number of allylic oxidation sites excluding steroid dienone is 4. The molecule has 1 N–H and O–H groups in total. The van der Waals surface area contributed by atoms with Crippen LogP contribution in [-0.2, 0) is 0 Å². The molecule has 1 atom stereocenters. The van der Waals surface area contributed by atoms with Crippen molar-refractivity contribution in [2.24, 2.45) is 10.4 Å². The number of hydrogen-bond acceptors (Lipinski definition) is 2. The second-order valence-electron chi connectivity index (χ2n) is 3.12. The highest BCUT2D eigenvalue weighted by molar-refractivity contribution is 6.08. The van der Waals surface area contributed by atoms with E-state index in [1.165, 1.54) is 0 Å². The van der Waals surface area contributed by atoms with Gasteiger partial charge in [-0.25, -0.2) is 0 Å². The average Bonchev–Trinajstić information content (AvgIpc) is 2.59. The van der Waals surface area contributed by atoms with E-state index in [1.807, 2.05) is 18.5 Å². The highest BCUT2D eigenvalue weighted by Crippen LogP contribution is 2.40. The summed E-state index contributed by atoms with van der Waals surface area (Å²) in [5.41, 5.74) is 2.23. The van der Waals surface area contributed by atoms with Gasteiger partial charge in [0.05, 0.1) is 16.8 Å². The van der Waals surface area contributed by atoms with E-state index in [2.05, 4.69) is 34.6 Å². The van der Waals surface area contributed by atoms with E-state index in [0.717, 1.165) is 11.4 Å². The molecule has 0 aromatic rings. The first-order valence-corrected chi connectivity index (χ1v) is 4.01. The van der Waals surface area contributed by atoms with Crippen molar-refractivity contribution in [2.75, 3.05) is 0 Å². The lowest BCUT2D eigenvalue weighted by Crippen LogP contribution is -2.26. The van der Waals surface area contributed by atoms with Gasteiger partial charge >= 0.3 is 0 Å². The molecule has 2 heteroatoms. The van der Waals surface area contributed by atoms with E-state index in [-0.39, 0.29) is 5.41 Å². The highest BCUT2D eigenvalue weighted by atomic mass is 15.0. The quantitative estimate of drug-likeness (QED) is 0.565. The van der Waals surface area contributed by atoms with Gasteiger partial charge in [-0.3, -0.25) is 4.99 Å². The molecule has 3 aliphatic rings. The molecule has 2 aliphatic heterocycles. The van der Waals surface area contributed by atoms with Gasteiger partial charge in [0.25, 0.3) is 0 Å². The van der Waals surface area contributed by atoms with Gasteiger partial charge < -0.3 is 5.32 Å². The van der Waals surface area contributed by atoms with Crippen molar-refractivity contribution in [3.05, 3.63) is 48.5 Å². The van der Waals surface area contributed by atoms with Crippen LogP contribution in [0.15, 0.2) is 53.5 Å². The number of hydrogen-bond donors (Lipinski definition) is 1. The van der Waals surface area contributed by atoms with Crippen LogP contribution in [0.3, 0.4) is 0 Å². The Morgan fingerprint density at radius 3 is 3.25 bits per heavy atom. The number of nitrogens with zero attached hydrogens (tertiary/aromatic N) is 1. The Kier molecular flexibility index (Phi) is 0.888. The summed E-state index contributed by atoms with van der Waals surface area (Å²) in [5.74, 6) is 0. The Morgan fingerprint density at radius 2 is 2.25 bits per heavy atom. The van der Waals surface area contributed by atoms with Crippen molar-refractivity contribution in [2.45, 2.75) is 0 Å². The Bertz CT molecular complexity index is 383. The largest absolute Gasteiger partial charge is 0.363 e.